The Balaban J connectivity index is 2.10. The van der Waals surface area contributed by atoms with Gasteiger partial charge in [0.15, 0.2) is 17.3 Å². The van der Waals surface area contributed by atoms with Gasteiger partial charge in [-0.05, 0) is 30.4 Å². The highest BCUT2D eigenvalue weighted by Gasteiger charge is 2.14. The summed E-state index contributed by atoms with van der Waals surface area (Å²) in [5.41, 5.74) is 0.823. The van der Waals surface area contributed by atoms with Crippen LogP contribution < -0.4 is 15.3 Å². The van der Waals surface area contributed by atoms with Crippen LogP contribution in [0.4, 0.5) is 0 Å². The number of nitrogens with two attached hydrogens (primary N) is 1. The summed E-state index contributed by atoms with van der Waals surface area (Å²) in [6, 6.07) is 5.53. The quantitative estimate of drug-likeness (QED) is 0.585. The normalized spacial score (nSPS) is 13.6. The number of ether oxygens (including phenoxy) is 2. The first-order chi connectivity index (χ1) is 8.25. The Morgan fingerprint density at radius 2 is 2.06 bits per heavy atom. The molecule has 2 aromatic rings. The predicted octanol–water partition coefficient (Wildman–Crippen LogP) is 1.09. The van der Waals surface area contributed by atoms with E-state index in [1.165, 1.54) is 4.68 Å². The van der Waals surface area contributed by atoms with Gasteiger partial charge in [0.05, 0.1) is 0 Å². The maximum atomic E-state index is 5.76. The zero-order valence-corrected chi connectivity index (χ0v) is 9.66. The molecule has 0 unspecified atom stereocenters. The number of aromatic nitrogens is 3. The third-order valence-electron chi connectivity index (χ3n) is 2.50. The highest BCUT2D eigenvalue weighted by atomic mass is 32.1. The maximum Gasteiger partial charge on any atom is 0.214 e. The Bertz CT molecular complexity index is 619. The van der Waals surface area contributed by atoms with Crippen molar-refractivity contribution in [2.24, 2.45) is 0 Å². The number of nitrogens with zero attached hydrogens (tertiary/aromatic N) is 2. The molecule has 17 heavy (non-hydrogen) atoms. The monoisotopic (exact) mass is 250 g/mol. The van der Waals surface area contributed by atoms with E-state index in [-0.39, 0.29) is 0 Å². The number of fused-ring (bicyclic) bond motifs is 1. The summed E-state index contributed by atoms with van der Waals surface area (Å²) in [6.07, 6.45) is 0. The second-order valence-corrected chi connectivity index (χ2v) is 3.97. The van der Waals surface area contributed by atoms with E-state index in [2.05, 4.69) is 10.2 Å². The number of hydrogen-bond acceptors (Lipinski definition) is 5. The number of H-pyrrole nitrogens is 1. The Kier molecular flexibility index (Phi) is 2.25. The summed E-state index contributed by atoms with van der Waals surface area (Å²) in [5.74, 6) is 7.75. The van der Waals surface area contributed by atoms with Crippen LogP contribution in [-0.2, 0) is 0 Å². The standard InChI is InChI=1S/C10H10N4O2S/c11-14-9(12-13-10(14)17)6-1-2-7-8(5-6)16-4-3-15-7/h1-2,5H,3-4,11H2,(H,13,17). The molecule has 6 nitrogen and oxygen atoms in total. The van der Waals surface area contributed by atoms with Crippen LogP contribution in [-0.4, -0.2) is 28.1 Å². The van der Waals surface area contributed by atoms with E-state index in [0.717, 1.165) is 11.3 Å². The maximum absolute atomic E-state index is 5.76. The molecule has 7 heteroatoms. The van der Waals surface area contributed by atoms with Crippen molar-refractivity contribution < 1.29 is 9.47 Å². The molecule has 1 aliphatic rings. The average Bonchev–Trinajstić information content (AvgIpc) is 2.70. The van der Waals surface area contributed by atoms with Gasteiger partial charge in [-0.3, -0.25) is 0 Å². The van der Waals surface area contributed by atoms with E-state index in [4.69, 9.17) is 27.5 Å². The summed E-state index contributed by atoms with van der Waals surface area (Å²) < 4.78 is 12.6. The molecule has 1 aliphatic heterocycles. The lowest BCUT2D eigenvalue weighted by Crippen LogP contribution is -2.15. The van der Waals surface area contributed by atoms with Gasteiger partial charge in [-0.1, -0.05) is 0 Å². The van der Waals surface area contributed by atoms with Gasteiger partial charge in [-0.25, -0.2) is 9.77 Å². The van der Waals surface area contributed by atoms with Gasteiger partial charge in [0.25, 0.3) is 0 Å². The fraction of sp³-hybridized carbons (Fsp3) is 0.200. The van der Waals surface area contributed by atoms with Crippen molar-refractivity contribution in [1.82, 2.24) is 14.9 Å². The molecule has 0 aliphatic carbocycles. The molecule has 88 valence electrons. The zero-order valence-electron chi connectivity index (χ0n) is 8.84. The molecule has 0 saturated carbocycles. The van der Waals surface area contributed by atoms with Gasteiger partial charge in [0, 0.05) is 5.56 Å². The first-order valence-corrected chi connectivity index (χ1v) is 5.49. The summed E-state index contributed by atoms with van der Waals surface area (Å²) in [6.45, 7) is 1.12. The van der Waals surface area contributed by atoms with Crippen LogP contribution >= 0.6 is 12.2 Å². The van der Waals surface area contributed by atoms with Crippen molar-refractivity contribution in [3.05, 3.63) is 23.0 Å². The first-order valence-electron chi connectivity index (χ1n) is 5.08. The molecule has 0 bridgehead atoms. The molecule has 1 aromatic heterocycles. The Morgan fingerprint density at radius 3 is 2.76 bits per heavy atom. The van der Waals surface area contributed by atoms with Crippen LogP contribution in [0.5, 0.6) is 11.5 Å². The van der Waals surface area contributed by atoms with Gasteiger partial charge in [-0.2, -0.15) is 5.10 Å². The van der Waals surface area contributed by atoms with Crippen molar-refractivity contribution in [2.75, 3.05) is 19.1 Å². The molecule has 1 aromatic carbocycles. The van der Waals surface area contributed by atoms with E-state index < -0.39 is 0 Å². The smallest absolute Gasteiger partial charge is 0.214 e. The molecule has 0 spiro atoms. The van der Waals surface area contributed by atoms with Crippen molar-refractivity contribution in [3.8, 4) is 22.9 Å². The van der Waals surface area contributed by atoms with E-state index in [1.807, 2.05) is 18.2 Å². The number of rotatable bonds is 1. The van der Waals surface area contributed by atoms with Crippen LogP contribution in [0.3, 0.4) is 0 Å². The van der Waals surface area contributed by atoms with Crippen LogP contribution in [0.15, 0.2) is 18.2 Å². The first kappa shape index (κ1) is 10.2. The highest BCUT2D eigenvalue weighted by molar-refractivity contribution is 7.71. The van der Waals surface area contributed by atoms with E-state index in [9.17, 15) is 0 Å². The van der Waals surface area contributed by atoms with Crippen molar-refractivity contribution >= 4 is 12.2 Å². The molecule has 0 fully saturated rings. The van der Waals surface area contributed by atoms with E-state index >= 15 is 0 Å². The molecule has 0 amide bonds. The number of nitrogen functional groups attached to an aromatic ring is 1. The fourth-order valence-corrected chi connectivity index (χ4v) is 1.82. The number of nitrogens with one attached hydrogen (secondary N) is 1. The fourth-order valence-electron chi connectivity index (χ4n) is 1.69. The van der Waals surface area contributed by atoms with Crippen molar-refractivity contribution in [3.63, 3.8) is 0 Å². The number of hydrogen-bond donors (Lipinski definition) is 2. The van der Waals surface area contributed by atoms with Crippen molar-refractivity contribution in [1.29, 1.82) is 0 Å². The summed E-state index contributed by atoms with van der Waals surface area (Å²) in [5, 5.41) is 6.69. The Labute approximate surface area is 102 Å². The summed E-state index contributed by atoms with van der Waals surface area (Å²) >= 11 is 4.96. The second-order valence-electron chi connectivity index (χ2n) is 3.58. The lowest BCUT2D eigenvalue weighted by molar-refractivity contribution is 0.171. The predicted molar refractivity (Wildman–Crippen MR) is 64.0 cm³/mol. The second kappa shape index (κ2) is 3.77. The van der Waals surface area contributed by atoms with Crippen LogP contribution in [0.2, 0.25) is 0 Å². The number of aromatic amines is 1. The van der Waals surface area contributed by atoms with Gasteiger partial charge in [0.1, 0.15) is 13.2 Å². The topological polar surface area (TPSA) is 78.1 Å². The average molecular weight is 250 g/mol. The molecule has 3 rings (SSSR count). The molecular formula is C10H10N4O2S. The van der Waals surface area contributed by atoms with Crippen LogP contribution in [0.1, 0.15) is 0 Å². The van der Waals surface area contributed by atoms with E-state index in [1.54, 1.807) is 0 Å². The molecule has 0 saturated heterocycles. The molecule has 0 radical (unpaired) electrons. The highest BCUT2D eigenvalue weighted by Crippen LogP contribution is 2.33. The Hall–Kier alpha value is -2.02. The SMILES string of the molecule is Nn1c(-c2ccc3c(c2)OCCO3)n[nH]c1=S. The lowest BCUT2D eigenvalue weighted by atomic mass is 10.2. The van der Waals surface area contributed by atoms with E-state index in [0.29, 0.717) is 29.6 Å². The van der Waals surface area contributed by atoms with Crippen LogP contribution in [0, 0.1) is 4.77 Å². The lowest BCUT2D eigenvalue weighted by Gasteiger charge is -2.18. The van der Waals surface area contributed by atoms with Gasteiger partial charge in [-0.15, -0.1) is 0 Å². The summed E-state index contributed by atoms with van der Waals surface area (Å²) in [7, 11) is 0. The molecule has 2 heterocycles. The minimum absolute atomic E-state index is 0.370. The largest absolute Gasteiger partial charge is 0.486 e. The number of benzene rings is 1. The van der Waals surface area contributed by atoms with Crippen LogP contribution in [0.25, 0.3) is 11.4 Å². The van der Waals surface area contributed by atoms with Gasteiger partial charge in [0.2, 0.25) is 4.77 Å². The third-order valence-corrected chi connectivity index (χ3v) is 2.79. The van der Waals surface area contributed by atoms with Gasteiger partial charge < -0.3 is 15.3 Å². The minimum Gasteiger partial charge on any atom is -0.486 e. The Morgan fingerprint density at radius 1 is 1.29 bits per heavy atom. The minimum atomic E-state index is 0.370. The molecule has 3 N–H and O–H groups in total. The van der Waals surface area contributed by atoms with Gasteiger partial charge >= 0.3 is 0 Å². The molecule has 0 atom stereocenters. The zero-order chi connectivity index (χ0) is 11.8. The van der Waals surface area contributed by atoms with Crippen molar-refractivity contribution in [2.45, 2.75) is 0 Å². The third kappa shape index (κ3) is 1.64. The molecular weight excluding hydrogens is 240 g/mol. The summed E-state index contributed by atoms with van der Waals surface area (Å²) in [4.78, 5) is 0.